The maximum absolute atomic E-state index is 13.1. The summed E-state index contributed by atoms with van der Waals surface area (Å²) in [5, 5.41) is 18.2. The largest absolute Gasteiger partial charge is 0.392 e. The van der Waals surface area contributed by atoms with Crippen molar-refractivity contribution in [2.24, 2.45) is 0 Å². The standard InChI is InChI=1S/C20H22N4O2/c25-11-13-5-2-6-16-14(13)9-18(21-16)20(26)24-8-7-17-15(10-24)19(23-22-17)12-3-1-4-12/h2,5-6,9,12,21,25H,1,3-4,7-8,10-11H2,(H,22,23). The quantitative estimate of drug-likeness (QED) is 0.679. The van der Waals surface area contributed by atoms with Gasteiger partial charge in [-0.05, 0) is 30.5 Å². The molecule has 6 nitrogen and oxygen atoms in total. The molecule has 1 fully saturated rings. The first-order valence-corrected chi connectivity index (χ1v) is 9.31. The molecular weight excluding hydrogens is 328 g/mol. The molecule has 6 heteroatoms. The highest BCUT2D eigenvalue weighted by atomic mass is 16.3. The third kappa shape index (κ3) is 2.36. The number of aliphatic hydroxyl groups is 1. The predicted octanol–water partition coefficient (Wildman–Crippen LogP) is 2.85. The number of carbonyl (C=O) groups is 1. The van der Waals surface area contributed by atoms with Gasteiger partial charge in [0.2, 0.25) is 0 Å². The molecule has 5 rings (SSSR count). The van der Waals surface area contributed by atoms with Crippen LogP contribution in [0.2, 0.25) is 0 Å². The van der Waals surface area contributed by atoms with Gasteiger partial charge in [-0.3, -0.25) is 9.89 Å². The van der Waals surface area contributed by atoms with Crippen molar-refractivity contribution in [1.29, 1.82) is 0 Å². The molecule has 0 saturated heterocycles. The number of hydrogen-bond donors (Lipinski definition) is 3. The molecule has 0 spiro atoms. The van der Waals surface area contributed by atoms with E-state index in [4.69, 9.17) is 0 Å². The molecule has 3 heterocycles. The zero-order valence-corrected chi connectivity index (χ0v) is 14.6. The topological polar surface area (TPSA) is 85.0 Å². The Labute approximate surface area is 151 Å². The van der Waals surface area contributed by atoms with Gasteiger partial charge in [0.1, 0.15) is 5.69 Å². The van der Waals surface area contributed by atoms with E-state index in [2.05, 4.69) is 15.2 Å². The fraction of sp³-hybridized carbons (Fsp3) is 0.400. The first-order valence-electron chi connectivity index (χ1n) is 9.31. The average molecular weight is 350 g/mol. The van der Waals surface area contributed by atoms with Gasteiger partial charge >= 0.3 is 0 Å². The molecule has 1 aromatic carbocycles. The van der Waals surface area contributed by atoms with Crippen LogP contribution in [0.5, 0.6) is 0 Å². The molecule has 3 aromatic rings. The summed E-state index contributed by atoms with van der Waals surface area (Å²) >= 11 is 0. The zero-order valence-electron chi connectivity index (χ0n) is 14.6. The van der Waals surface area contributed by atoms with Gasteiger partial charge in [0.25, 0.3) is 5.91 Å². The lowest BCUT2D eigenvalue weighted by atomic mass is 9.81. The van der Waals surface area contributed by atoms with Crippen LogP contribution in [0.4, 0.5) is 0 Å². The monoisotopic (exact) mass is 350 g/mol. The number of hydrogen-bond acceptors (Lipinski definition) is 3. The van der Waals surface area contributed by atoms with Gasteiger partial charge in [-0.15, -0.1) is 0 Å². The number of carbonyl (C=O) groups excluding carboxylic acids is 1. The van der Waals surface area contributed by atoms with Crippen LogP contribution < -0.4 is 0 Å². The SMILES string of the molecule is O=C(c1cc2c(CO)cccc2[nH]1)N1CCc2[nH]nc(C3CCC3)c2C1. The van der Waals surface area contributed by atoms with Gasteiger partial charge < -0.3 is 15.0 Å². The van der Waals surface area contributed by atoms with E-state index in [0.717, 1.165) is 22.9 Å². The van der Waals surface area contributed by atoms with Crippen molar-refractivity contribution in [1.82, 2.24) is 20.1 Å². The highest BCUT2D eigenvalue weighted by Gasteiger charge is 2.31. The summed E-state index contributed by atoms with van der Waals surface area (Å²) in [4.78, 5) is 18.2. The third-order valence-electron chi connectivity index (χ3n) is 5.90. The fourth-order valence-electron chi connectivity index (χ4n) is 4.15. The van der Waals surface area contributed by atoms with Crippen LogP contribution in [0.1, 0.15) is 58.2 Å². The first kappa shape index (κ1) is 15.6. The van der Waals surface area contributed by atoms with E-state index >= 15 is 0 Å². The second-order valence-corrected chi connectivity index (χ2v) is 7.39. The van der Waals surface area contributed by atoms with Crippen LogP contribution in [0.25, 0.3) is 10.9 Å². The van der Waals surface area contributed by atoms with E-state index in [1.165, 1.54) is 36.2 Å². The Morgan fingerprint density at radius 3 is 3.00 bits per heavy atom. The van der Waals surface area contributed by atoms with Crippen molar-refractivity contribution in [2.45, 2.75) is 44.8 Å². The van der Waals surface area contributed by atoms with Gasteiger partial charge in [0, 0.05) is 47.6 Å². The lowest BCUT2D eigenvalue weighted by molar-refractivity contribution is 0.0728. The summed E-state index contributed by atoms with van der Waals surface area (Å²) in [6.45, 7) is 1.29. The zero-order chi connectivity index (χ0) is 17.7. The maximum Gasteiger partial charge on any atom is 0.270 e. The molecule has 0 bridgehead atoms. The van der Waals surface area contributed by atoms with E-state index < -0.39 is 0 Å². The van der Waals surface area contributed by atoms with Crippen LogP contribution in [0.15, 0.2) is 24.3 Å². The van der Waals surface area contributed by atoms with E-state index in [1.807, 2.05) is 29.2 Å². The molecule has 2 aliphatic rings. The number of aromatic nitrogens is 3. The minimum absolute atomic E-state index is 0.0106. The summed E-state index contributed by atoms with van der Waals surface area (Å²) in [5.74, 6) is 0.571. The summed E-state index contributed by atoms with van der Waals surface area (Å²) in [5.41, 5.74) is 5.88. The highest BCUT2D eigenvalue weighted by Crippen LogP contribution is 2.39. The smallest absolute Gasteiger partial charge is 0.270 e. The van der Waals surface area contributed by atoms with E-state index in [-0.39, 0.29) is 12.5 Å². The van der Waals surface area contributed by atoms with Gasteiger partial charge in [-0.2, -0.15) is 5.10 Å². The highest BCUT2D eigenvalue weighted by molar-refractivity contribution is 5.99. The van der Waals surface area contributed by atoms with E-state index in [0.29, 0.717) is 24.7 Å². The number of amides is 1. The van der Waals surface area contributed by atoms with Crippen molar-refractivity contribution < 1.29 is 9.90 Å². The van der Waals surface area contributed by atoms with Gasteiger partial charge in [-0.1, -0.05) is 18.6 Å². The maximum atomic E-state index is 13.1. The number of aliphatic hydroxyl groups excluding tert-OH is 1. The average Bonchev–Trinajstić information content (AvgIpc) is 3.23. The molecular formula is C20H22N4O2. The molecule has 1 amide bonds. The molecule has 1 saturated carbocycles. The van der Waals surface area contributed by atoms with Crippen molar-refractivity contribution in [3.8, 4) is 0 Å². The van der Waals surface area contributed by atoms with E-state index in [1.54, 1.807) is 0 Å². The summed E-state index contributed by atoms with van der Waals surface area (Å²) in [7, 11) is 0. The Bertz CT molecular complexity index is 983. The molecule has 3 N–H and O–H groups in total. The first-order chi connectivity index (χ1) is 12.7. The molecule has 1 aliphatic heterocycles. The molecule has 26 heavy (non-hydrogen) atoms. The van der Waals surface area contributed by atoms with Crippen LogP contribution in [-0.2, 0) is 19.6 Å². The lowest BCUT2D eigenvalue weighted by Gasteiger charge is -2.30. The Balaban J connectivity index is 1.44. The number of fused-ring (bicyclic) bond motifs is 2. The molecule has 0 atom stereocenters. The fourth-order valence-corrected chi connectivity index (χ4v) is 4.15. The van der Waals surface area contributed by atoms with Gasteiger partial charge in [0.15, 0.2) is 0 Å². The van der Waals surface area contributed by atoms with Crippen LogP contribution in [-0.4, -0.2) is 37.6 Å². The lowest BCUT2D eigenvalue weighted by Crippen LogP contribution is -2.36. The number of rotatable bonds is 3. The molecule has 2 aromatic heterocycles. The molecule has 0 radical (unpaired) electrons. The minimum atomic E-state index is -0.0321. The molecule has 134 valence electrons. The van der Waals surface area contributed by atoms with Crippen molar-refractivity contribution >= 4 is 16.8 Å². The van der Waals surface area contributed by atoms with Crippen molar-refractivity contribution in [3.05, 3.63) is 52.5 Å². The Morgan fingerprint density at radius 2 is 2.23 bits per heavy atom. The second kappa shape index (κ2) is 5.99. The number of nitrogens with zero attached hydrogens (tertiary/aromatic N) is 2. The van der Waals surface area contributed by atoms with Crippen LogP contribution >= 0.6 is 0 Å². The van der Waals surface area contributed by atoms with Crippen molar-refractivity contribution in [2.75, 3.05) is 6.54 Å². The Hall–Kier alpha value is -2.60. The number of H-pyrrole nitrogens is 2. The molecule has 0 unspecified atom stereocenters. The summed E-state index contributed by atoms with van der Waals surface area (Å²) in [6.07, 6.45) is 4.51. The van der Waals surface area contributed by atoms with Gasteiger partial charge in [-0.25, -0.2) is 0 Å². The predicted molar refractivity (Wildman–Crippen MR) is 97.8 cm³/mol. The number of nitrogens with one attached hydrogen (secondary N) is 2. The third-order valence-corrected chi connectivity index (χ3v) is 5.90. The van der Waals surface area contributed by atoms with Crippen LogP contribution in [0.3, 0.4) is 0 Å². The Kier molecular flexibility index (Phi) is 3.60. The Morgan fingerprint density at radius 1 is 1.35 bits per heavy atom. The minimum Gasteiger partial charge on any atom is -0.392 e. The van der Waals surface area contributed by atoms with Crippen molar-refractivity contribution in [3.63, 3.8) is 0 Å². The van der Waals surface area contributed by atoms with E-state index in [9.17, 15) is 9.90 Å². The number of aromatic amines is 2. The molecule has 1 aliphatic carbocycles. The number of benzene rings is 1. The normalized spacial score (nSPS) is 17.3. The van der Waals surface area contributed by atoms with Gasteiger partial charge in [0.05, 0.1) is 12.3 Å². The summed E-state index contributed by atoms with van der Waals surface area (Å²) < 4.78 is 0. The second-order valence-electron chi connectivity index (χ2n) is 7.39. The van der Waals surface area contributed by atoms with Crippen LogP contribution in [0, 0.1) is 0 Å². The summed E-state index contributed by atoms with van der Waals surface area (Å²) in [6, 6.07) is 7.57.